The highest BCUT2D eigenvalue weighted by Gasteiger charge is 2.38. The molecule has 1 aliphatic rings. The van der Waals surface area contributed by atoms with E-state index in [1.165, 1.54) is 0 Å². The summed E-state index contributed by atoms with van der Waals surface area (Å²) in [6.45, 7) is 3.68. The third-order valence-corrected chi connectivity index (χ3v) is 2.27. The van der Waals surface area contributed by atoms with Gasteiger partial charge >= 0.3 is 5.97 Å². The normalized spacial score (nSPS) is 18.2. The van der Waals surface area contributed by atoms with Crippen LogP contribution in [0.4, 0.5) is 5.69 Å². The lowest BCUT2D eigenvalue weighted by Crippen LogP contribution is -2.17. The van der Waals surface area contributed by atoms with E-state index in [0.29, 0.717) is 11.3 Å². The molecule has 0 saturated heterocycles. The molecule has 1 heterocycles. The average molecular weight is 177 g/mol. The van der Waals surface area contributed by atoms with Gasteiger partial charge in [-0.05, 0) is 26.0 Å². The maximum absolute atomic E-state index is 11.4. The summed E-state index contributed by atoms with van der Waals surface area (Å²) in [6, 6.07) is 5.28. The molecule has 0 aliphatic carbocycles. The van der Waals surface area contributed by atoms with E-state index < -0.39 is 5.60 Å². The van der Waals surface area contributed by atoms with Gasteiger partial charge in [-0.15, -0.1) is 0 Å². The van der Waals surface area contributed by atoms with Gasteiger partial charge in [0.05, 0.1) is 5.56 Å². The van der Waals surface area contributed by atoms with Crippen LogP contribution in [-0.2, 0) is 10.3 Å². The Balaban J connectivity index is 2.73. The maximum Gasteiger partial charge on any atom is 0.339 e. The summed E-state index contributed by atoms with van der Waals surface area (Å²) in [5, 5.41) is 0. The van der Waals surface area contributed by atoms with Crippen LogP contribution in [0.25, 0.3) is 0 Å². The first-order chi connectivity index (χ1) is 6.02. The standard InChI is InChI=1S/C10H11NO2/c1-10(2)8-6(9(12)13-10)4-3-5-7(8)11/h3-5H,11H2,1-2H3. The van der Waals surface area contributed by atoms with Crippen molar-refractivity contribution in [3.63, 3.8) is 0 Å². The molecule has 0 fully saturated rings. The van der Waals surface area contributed by atoms with Crippen LogP contribution >= 0.6 is 0 Å². The van der Waals surface area contributed by atoms with Crippen LogP contribution in [0, 0.1) is 0 Å². The molecule has 0 saturated carbocycles. The monoisotopic (exact) mass is 177 g/mol. The van der Waals surface area contributed by atoms with Crippen molar-refractivity contribution in [1.29, 1.82) is 0 Å². The summed E-state index contributed by atoms with van der Waals surface area (Å²) >= 11 is 0. The van der Waals surface area contributed by atoms with Crippen molar-refractivity contribution < 1.29 is 9.53 Å². The van der Waals surface area contributed by atoms with Crippen LogP contribution in [-0.4, -0.2) is 5.97 Å². The molecule has 3 nitrogen and oxygen atoms in total. The number of nitrogens with two attached hydrogens (primary N) is 1. The Morgan fingerprint density at radius 2 is 2.08 bits per heavy atom. The topological polar surface area (TPSA) is 52.3 Å². The number of carbonyl (C=O) groups excluding carboxylic acids is 1. The highest BCUT2D eigenvalue weighted by atomic mass is 16.6. The summed E-state index contributed by atoms with van der Waals surface area (Å²) in [5.41, 5.74) is 7.20. The molecule has 68 valence electrons. The number of nitrogen functional groups attached to an aromatic ring is 1. The van der Waals surface area contributed by atoms with Crippen LogP contribution in [0.15, 0.2) is 18.2 Å². The Kier molecular flexibility index (Phi) is 1.40. The van der Waals surface area contributed by atoms with Crippen molar-refractivity contribution in [2.45, 2.75) is 19.4 Å². The number of rotatable bonds is 0. The van der Waals surface area contributed by atoms with Gasteiger partial charge in [0, 0.05) is 11.3 Å². The first-order valence-electron chi connectivity index (χ1n) is 4.15. The number of ether oxygens (including phenoxy) is 1. The Morgan fingerprint density at radius 1 is 1.38 bits per heavy atom. The Morgan fingerprint density at radius 3 is 2.69 bits per heavy atom. The van der Waals surface area contributed by atoms with E-state index in [-0.39, 0.29) is 5.97 Å². The molecule has 0 bridgehead atoms. The fourth-order valence-corrected chi connectivity index (χ4v) is 1.75. The fraction of sp³-hybridized carbons (Fsp3) is 0.300. The summed E-state index contributed by atoms with van der Waals surface area (Å²) in [6.07, 6.45) is 0. The molecule has 0 amide bonds. The van der Waals surface area contributed by atoms with Crippen molar-refractivity contribution in [2.24, 2.45) is 0 Å². The number of cyclic esters (lactones) is 1. The maximum atomic E-state index is 11.4. The molecule has 0 spiro atoms. The first-order valence-corrected chi connectivity index (χ1v) is 4.15. The van der Waals surface area contributed by atoms with Crippen molar-refractivity contribution in [3.05, 3.63) is 29.3 Å². The highest BCUT2D eigenvalue weighted by Crippen LogP contribution is 2.38. The zero-order chi connectivity index (χ0) is 9.64. The van der Waals surface area contributed by atoms with Crippen LogP contribution in [0.5, 0.6) is 0 Å². The van der Waals surface area contributed by atoms with E-state index in [1.54, 1.807) is 18.2 Å². The van der Waals surface area contributed by atoms with Crippen molar-refractivity contribution in [3.8, 4) is 0 Å². The molecule has 0 radical (unpaired) electrons. The second-order valence-electron chi connectivity index (χ2n) is 3.67. The third-order valence-electron chi connectivity index (χ3n) is 2.27. The summed E-state index contributed by atoms with van der Waals surface area (Å²) < 4.78 is 5.18. The van der Waals surface area contributed by atoms with E-state index in [4.69, 9.17) is 10.5 Å². The molecular formula is C10H11NO2. The summed E-state index contributed by atoms with van der Waals surface area (Å²) in [5.74, 6) is -0.285. The molecule has 1 aromatic rings. The van der Waals surface area contributed by atoms with Gasteiger partial charge in [0.15, 0.2) is 0 Å². The zero-order valence-corrected chi connectivity index (χ0v) is 7.63. The lowest BCUT2D eigenvalue weighted by atomic mass is 9.94. The van der Waals surface area contributed by atoms with Crippen molar-refractivity contribution >= 4 is 11.7 Å². The van der Waals surface area contributed by atoms with Gasteiger partial charge < -0.3 is 10.5 Å². The lowest BCUT2D eigenvalue weighted by molar-refractivity contribution is 0.00977. The van der Waals surface area contributed by atoms with E-state index in [9.17, 15) is 4.79 Å². The van der Waals surface area contributed by atoms with Crippen LogP contribution in [0.3, 0.4) is 0 Å². The molecular weight excluding hydrogens is 166 g/mol. The van der Waals surface area contributed by atoms with Gasteiger partial charge in [-0.1, -0.05) is 6.07 Å². The minimum absolute atomic E-state index is 0.285. The molecule has 3 heteroatoms. The summed E-state index contributed by atoms with van der Waals surface area (Å²) in [4.78, 5) is 11.4. The van der Waals surface area contributed by atoms with Gasteiger partial charge in [0.1, 0.15) is 5.60 Å². The Labute approximate surface area is 76.5 Å². The summed E-state index contributed by atoms with van der Waals surface area (Å²) in [7, 11) is 0. The molecule has 0 unspecified atom stereocenters. The predicted molar refractivity (Wildman–Crippen MR) is 49.3 cm³/mol. The number of carbonyl (C=O) groups is 1. The molecule has 1 aliphatic heterocycles. The van der Waals surface area contributed by atoms with Gasteiger partial charge in [0.2, 0.25) is 0 Å². The van der Waals surface area contributed by atoms with Gasteiger partial charge in [-0.2, -0.15) is 0 Å². The highest BCUT2D eigenvalue weighted by molar-refractivity contribution is 5.96. The number of hydrogen-bond acceptors (Lipinski definition) is 3. The van der Waals surface area contributed by atoms with Crippen molar-refractivity contribution in [2.75, 3.05) is 5.73 Å². The molecule has 13 heavy (non-hydrogen) atoms. The largest absolute Gasteiger partial charge is 0.451 e. The SMILES string of the molecule is CC1(C)OC(=O)c2cccc(N)c21. The fourth-order valence-electron chi connectivity index (χ4n) is 1.75. The minimum Gasteiger partial charge on any atom is -0.451 e. The van der Waals surface area contributed by atoms with Crippen LogP contribution in [0.1, 0.15) is 29.8 Å². The number of hydrogen-bond donors (Lipinski definition) is 1. The third kappa shape index (κ3) is 1.00. The number of benzene rings is 1. The first kappa shape index (κ1) is 8.10. The Hall–Kier alpha value is -1.51. The van der Waals surface area contributed by atoms with E-state index >= 15 is 0 Å². The smallest absolute Gasteiger partial charge is 0.339 e. The van der Waals surface area contributed by atoms with Gasteiger partial charge in [-0.25, -0.2) is 4.79 Å². The van der Waals surface area contributed by atoms with Crippen LogP contribution in [0.2, 0.25) is 0 Å². The minimum atomic E-state index is -0.586. The zero-order valence-electron chi connectivity index (χ0n) is 7.63. The molecule has 0 atom stereocenters. The predicted octanol–water partition coefficient (Wildman–Crippen LogP) is 1.67. The molecule has 1 aromatic carbocycles. The quantitative estimate of drug-likeness (QED) is 0.484. The second kappa shape index (κ2) is 2.25. The second-order valence-corrected chi connectivity index (χ2v) is 3.67. The van der Waals surface area contributed by atoms with E-state index in [2.05, 4.69) is 0 Å². The Bertz CT molecular complexity index is 383. The van der Waals surface area contributed by atoms with Crippen LogP contribution < -0.4 is 5.73 Å². The van der Waals surface area contributed by atoms with E-state index in [0.717, 1.165) is 5.56 Å². The van der Waals surface area contributed by atoms with Crippen molar-refractivity contribution in [1.82, 2.24) is 0 Å². The molecule has 0 aromatic heterocycles. The number of esters is 1. The molecule has 2 rings (SSSR count). The number of fused-ring (bicyclic) bond motifs is 1. The lowest BCUT2D eigenvalue weighted by Gasteiger charge is -2.18. The van der Waals surface area contributed by atoms with E-state index in [1.807, 2.05) is 13.8 Å². The molecule has 2 N–H and O–H groups in total. The average Bonchev–Trinajstić information content (AvgIpc) is 2.24. The van der Waals surface area contributed by atoms with Gasteiger partial charge in [-0.3, -0.25) is 0 Å². The number of anilines is 1. The van der Waals surface area contributed by atoms with Gasteiger partial charge in [0.25, 0.3) is 0 Å².